The fraction of sp³-hybridized carbons (Fsp3) is 0.375. The Labute approximate surface area is 108 Å². The smallest absolute Gasteiger partial charge is 0.126 e. The van der Waals surface area contributed by atoms with Gasteiger partial charge in [-0.1, -0.05) is 30.3 Å². The van der Waals surface area contributed by atoms with Crippen molar-refractivity contribution in [1.29, 1.82) is 0 Å². The van der Waals surface area contributed by atoms with E-state index in [0.717, 1.165) is 18.7 Å². The zero-order valence-corrected chi connectivity index (χ0v) is 10.8. The van der Waals surface area contributed by atoms with Crippen LogP contribution in [0.25, 0.3) is 10.8 Å². The zero-order valence-electron chi connectivity index (χ0n) is 10.8. The summed E-state index contributed by atoms with van der Waals surface area (Å²) in [6.07, 6.45) is 3.68. The summed E-state index contributed by atoms with van der Waals surface area (Å²) in [5.74, 6) is 0.987. The largest absolute Gasteiger partial charge is 0.496 e. The van der Waals surface area contributed by atoms with Crippen LogP contribution in [-0.4, -0.2) is 19.7 Å². The summed E-state index contributed by atoms with van der Waals surface area (Å²) in [7, 11) is 1.75. The molecule has 1 fully saturated rings. The number of methoxy groups -OCH3 is 1. The number of rotatable bonds is 3. The molecule has 0 aliphatic carbocycles. The molecule has 0 aromatic heterocycles. The van der Waals surface area contributed by atoms with E-state index in [0.29, 0.717) is 6.04 Å². The number of ether oxygens (including phenoxy) is 1. The van der Waals surface area contributed by atoms with Crippen LogP contribution in [0.1, 0.15) is 18.4 Å². The topological polar surface area (TPSA) is 21.3 Å². The third-order valence-electron chi connectivity index (χ3n) is 3.80. The molecule has 1 saturated heterocycles. The van der Waals surface area contributed by atoms with Gasteiger partial charge in [-0.2, -0.15) is 0 Å². The van der Waals surface area contributed by atoms with Crippen molar-refractivity contribution in [3.05, 3.63) is 42.0 Å². The molecule has 0 bridgehead atoms. The van der Waals surface area contributed by atoms with Gasteiger partial charge in [0.15, 0.2) is 0 Å². The van der Waals surface area contributed by atoms with Gasteiger partial charge in [0.25, 0.3) is 0 Å². The maximum absolute atomic E-state index is 5.51. The Bertz CT molecular complexity index is 539. The molecule has 1 N–H and O–H groups in total. The van der Waals surface area contributed by atoms with E-state index in [4.69, 9.17) is 4.74 Å². The van der Waals surface area contributed by atoms with Gasteiger partial charge in [0.05, 0.1) is 7.11 Å². The van der Waals surface area contributed by atoms with Gasteiger partial charge in [-0.15, -0.1) is 0 Å². The van der Waals surface area contributed by atoms with Crippen LogP contribution in [0.4, 0.5) is 0 Å². The molecule has 0 amide bonds. The molecule has 1 atom stereocenters. The van der Waals surface area contributed by atoms with Crippen molar-refractivity contribution >= 4 is 10.8 Å². The lowest BCUT2D eigenvalue weighted by atomic mass is 9.97. The summed E-state index contributed by atoms with van der Waals surface area (Å²) < 4.78 is 5.51. The molecule has 18 heavy (non-hydrogen) atoms. The number of nitrogens with one attached hydrogen (secondary N) is 1. The van der Waals surface area contributed by atoms with Gasteiger partial charge >= 0.3 is 0 Å². The molecule has 0 radical (unpaired) electrons. The van der Waals surface area contributed by atoms with Crippen molar-refractivity contribution in [3.8, 4) is 5.75 Å². The summed E-state index contributed by atoms with van der Waals surface area (Å²) in [6, 6.07) is 13.4. The highest BCUT2D eigenvalue weighted by atomic mass is 16.5. The predicted molar refractivity (Wildman–Crippen MR) is 75.2 cm³/mol. The van der Waals surface area contributed by atoms with Crippen LogP contribution in [0.3, 0.4) is 0 Å². The third-order valence-corrected chi connectivity index (χ3v) is 3.80. The quantitative estimate of drug-likeness (QED) is 0.891. The van der Waals surface area contributed by atoms with Crippen LogP contribution in [0.5, 0.6) is 5.75 Å². The van der Waals surface area contributed by atoms with Crippen molar-refractivity contribution in [2.45, 2.75) is 25.3 Å². The molecule has 2 nitrogen and oxygen atoms in total. The van der Waals surface area contributed by atoms with Crippen LogP contribution in [-0.2, 0) is 6.42 Å². The van der Waals surface area contributed by atoms with Crippen LogP contribution < -0.4 is 10.1 Å². The standard InChI is InChI=1S/C16H19NO/c1-18-15-9-3-6-12-5-2-7-13(16(12)15)11-14-8-4-10-17-14/h2-3,5-7,9,14,17H,4,8,10-11H2,1H3/t14-/m0/s1. The van der Waals surface area contributed by atoms with Gasteiger partial charge in [-0.05, 0) is 42.8 Å². The fourth-order valence-electron chi connectivity index (χ4n) is 2.92. The minimum Gasteiger partial charge on any atom is -0.496 e. The monoisotopic (exact) mass is 241 g/mol. The van der Waals surface area contributed by atoms with Crippen molar-refractivity contribution in [3.63, 3.8) is 0 Å². The maximum atomic E-state index is 5.51. The average Bonchev–Trinajstić information content (AvgIpc) is 2.91. The summed E-state index contributed by atoms with van der Waals surface area (Å²) in [6.45, 7) is 1.16. The van der Waals surface area contributed by atoms with Crippen molar-refractivity contribution in [1.82, 2.24) is 5.32 Å². The van der Waals surface area contributed by atoms with E-state index in [1.165, 1.54) is 29.2 Å². The van der Waals surface area contributed by atoms with E-state index >= 15 is 0 Å². The van der Waals surface area contributed by atoms with Crippen LogP contribution in [0, 0.1) is 0 Å². The molecule has 1 heterocycles. The first-order valence-electron chi connectivity index (χ1n) is 6.66. The predicted octanol–water partition coefficient (Wildman–Crippen LogP) is 3.14. The Balaban J connectivity index is 2.04. The number of fused-ring (bicyclic) bond motifs is 1. The molecular formula is C16H19NO. The minimum atomic E-state index is 0.625. The lowest BCUT2D eigenvalue weighted by molar-refractivity contribution is 0.419. The Kier molecular flexibility index (Phi) is 3.20. The highest BCUT2D eigenvalue weighted by Gasteiger charge is 2.16. The Morgan fingerprint density at radius 1 is 1.22 bits per heavy atom. The van der Waals surface area contributed by atoms with Gasteiger partial charge in [0, 0.05) is 11.4 Å². The molecule has 1 aliphatic rings. The van der Waals surface area contributed by atoms with Gasteiger partial charge in [-0.25, -0.2) is 0 Å². The lowest BCUT2D eigenvalue weighted by Gasteiger charge is -2.14. The molecule has 2 heteroatoms. The lowest BCUT2D eigenvalue weighted by Crippen LogP contribution is -2.23. The highest BCUT2D eigenvalue weighted by molar-refractivity contribution is 5.91. The first-order valence-corrected chi connectivity index (χ1v) is 6.66. The summed E-state index contributed by atoms with van der Waals surface area (Å²) >= 11 is 0. The zero-order chi connectivity index (χ0) is 12.4. The molecule has 0 spiro atoms. The Hall–Kier alpha value is -1.54. The molecule has 0 unspecified atom stereocenters. The van der Waals surface area contributed by atoms with Crippen LogP contribution in [0.2, 0.25) is 0 Å². The molecular weight excluding hydrogens is 222 g/mol. The van der Waals surface area contributed by atoms with Gasteiger partial charge in [-0.3, -0.25) is 0 Å². The average molecular weight is 241 g/mol. The van der Waals surface area contributed by atoms with E-state index in [9.17, 15) is 0 Å². The third kappa shape index (κ3) is 2.08. The molecule has 1 aliphatic heterocycles. The summed E-state index contributed by atoms with van der Waals surface area (Å²) in [5, 5.41) is 6.11. The highest BCUT2D eigenvalue weighted by Crippen LogP contribution is 2.30. The van der Waals surface area contributed by atoms with E-state index in [2.05, 4.69) is 35.6 Å². The second-order valence-corrected chi connectivity index (χ2v) is 4.97. The Morgan fingerprint density at radius 3 is 2.78 bits per heavy atom. The van der Waals surface area contributed by atoms with Gasteiger partial charge in [0.1, 0.15) is 5.75 Å². The van der Waals surface area contributed by atoms with Gasteiger partial charge in [0.2, 0.25) is 0 Å². The molecule has 2 aromatic rings. The summed E-state index contributed by atoms with van der Waals surface area (Å²) in [5.41, 5.74) is 1.39. The first kappa shape index (κ1) is 11.5. The van der Waals surface area contributed by atoms with E-state index in [1.807, 2.05) is 6.07 Å². The van der Waals surface area contributed by atoms with E-state index in [1.54, 1.807) is 7.11 Å². The Morgan fingerprint density at radius 2 is 2.06 bits per heavy atom. The van der Waals surface area contributed by atoms with Crippen molar-refractivity contribution < 1.29 is 4.74 Å². The van der Waals surface area contributed by atoms with E-state index in [-0.39, 0.29) is 0 Å². The number of hydrogen-bond donors (Lipinski definition) is 1. The molecule has 94 valence electrons. The summed E-state index contributed by atoms with van der Waals surface area (Å²) in [4.78, 5) is 0. The minimum absolute atomic E-state index is 0.625. The van der Waals surface area contributed by atoms with Crippen LogP contribution >= 0.6 is 0 Å². The number of hydrogen-bond acceptors (Lipinski definition) is 2. The van der Waals surface area contributed by atoms with Crippen LogP contribution in [0.15, 0.2) is 36.4 Å². The first-order chi connectivity index (χ1) is 8.88. The molecule has 3 rings (SSSR count). The molecule has 2 aromatic carbocycles. The SMILES string of the molecule is COc1cccc2cccc(C[C@@H]3CCCN3)c12. The van der Waals surface area contributed by atoms with Crippen molar-refractivity contribution in [2.24, 2.45) is 0 Å². The van der Waals surface area contributed by atoms with E-state index < -0.39 is 0 Å². The van der Waals surface area contributed by atoms with Gasteiger partial charge < -0.3 is 10.1 Å². The van der Waals surface area contributed by atoms with Crippen molar-refractivity contribution in [2.75, 3.05) is 13.7 Å². The normalized spacial score (nSPS) is 19.3. The number of benzene rings is 2. The maximum Gasteiger partial charge on any atom is 0.126 e. The second kappa shape index (κ2) is 4.99. The fourth-order valence-corrected chi connectivity index (χ4v) is 2.92. The molecule has 0 saturated carbocycles. The second-order valence-electron chi connectivity index (χ2n) is 4.97.